The lowest BCUT2D eigenvalue weighted by Gasteiger charge is -2.15. The van der Waals surface area contributed by atoms with E-state index in [9.17, 15) is 0 Å². The van der Waals surface area contributed by atoms with Crippen molar-refractivity contribution in [3.05, 3.63) is 59.2 Å². The molecule has 0 saturated carbocycles. The van der Waals surface area contributed by atoms with Crippen LogP contribution in [0.1, 0.15) is 37.0 Å². The fourth-order valence-electron chi connectivity index (χ4n) is 3.13. The Hall–Kier alpha value is -2.00. The molecule has 0 unspecified atom stereocenters. The van der Waals surface area contributed by atoms with E-state index in [0.717, 1.165) is 36.8 Å². The molecule has 0 aliphatic rings. The molecule has 31 heavy (non-hydrogen) atoms. The third-order valence-corrected chi connectivity index (χ3v) is 4.71. The average Bonchev–Trinajstić information content (AvgIpc) is 2.78. The van der Waals surface area contributed by atoms with Crippen molar-refractivity contribution < 1.29 is 14.2 Å². The number of ether oxygens (including phenoxy) is 3. The number of benzene rings is 2. The van der Waals surface area contributed by atoms with Crippen molar-refractivity contribution in [3.63, 3.8) is 0 Å². The van der Waals surface area contributed by atoms with Crippen molar-refractivity contribution in [3.8, 4) is 11.5 Å². The van der Waals surface area contributed by atoms with E-state index in [-0.39, 0.29) is 24.0 Å². The van der Waals surface area contributed by atoms with Crippen molar-refractivity contribution in [1.82, 2.24) is 10.6 Å². The Morgan fingerprint density at radius 3 is 2.42 bits per heavy atom. The Labute approximate surface area is 203 Å². The van der Waals surface area contributed by atoms with E-state index in [1.807, 2.05) is 32.0 Å². The first kappa shape index (κ1) is 27.0. The Balaban J connectivity index is 0.00000480. The van der Waals surface area contributed by atoms with Crippen LogP contribution in [-0.4, -0.2) is 39.9 Å². The van der Waals surface area contributed by atoms with Gasteiger partial charge in [-0.2, -0.15) is 0 Å². The molecular formula is C24H36IN3O3. The molecule has 2 N–H and O–H groups in total. The van der Waals surface area contributed by atoms with Gasteiger partial charge in [-0.3, -0.25) is 4.99 Å². The van der Waals surface area contributed by atoms with Crippen molar-refractivity contribution in [2.45, 2.75) is 39.8 Å². The molecule has 2 aromatic rings. The normalized spacial score (nSPS) is 10.9. The molecule has 2 rings (SSSR count). The average molecular weight is 541 g/mol. The smallest absolute Gasteiger partial charge is 0.191 e. The highest BCUT2D eigenvalue weighted by Gasteiger charge is 2.06. The summed E-state index contributed by atoms with van der Waals surface area (Å²) in [5.41, 5.74) is 3.65. The minimum Gasteiger partial charge on any atom is -0.493 e. The lowest BCUT2D eigenvalue weighted by molar-refractivity contribution is 0.133. The molecule has 0 aliphatic heterocycles. The number of nitrogens with zero attached hydrogens (tertiary/aromatic N) is 1. The van der Waals surface area contributed by atoms with Crippen LogP contribution in [0.2, 0.25) is 0 Å². The number of methoxy groups -OCH3 is 1. The zero-order chi connectivity index (χ0) is 21.6. The zero-order valence-electron chi connectivity index (χ0n) is 19.1. The Bertz CT molecular complexity index is 799. The van der Waals surface area contributed by atoms with Crippen LogP contribution >= 0.6 is 24.0 Å². The largest absolute Gasteiger partial charge is 0.493 e. The summed E-state index contributed by atoms with van der Waals surface area (Å²) >= 11 is 0. The highest BCUT2D eigenvalue weighted by atomic mass is 127. The van der Waals surface area contributed by atoms with Crippen LogP contribution in [0, 0.1) is 0 Å². The number of halogens is 1. The van der Waals surface area contributed by atoms with Crippen molar-refractivity contribution in [2.24, 2.45) is 4.99 Å². The Kier molecular flexibility index (Phi) is 13.7. The summed E-state index contributed by atoms with van der Waals surface area (Å²) in [5, 5.41) is 6.78. The lowest BCUT2D eigenvalue weighted by atomic mass is 10.1. The van der Waals surface area contributed by atoms with E-state index >= 15 is 0 Å². The quantitative estimate of drug-likeness (QED) is 0.179. The third-order valence-electron chi connectivity index (χ3n) is 4.71. The standard InChI is InChI=1S/C24H35N3O3.HI/c1-5-29-18-21-12-8-7-11-20(21)17-27-24(25-3)26-15-9-10-19-13-14-22(28-4)23(16-19)30-6-2;/h7-8,11-14,16H,5-6,9-10,15,17-18H2,1-4H3,(H2,25,26,27);1H. The summed E-state index contributed by atoms with van der Waals surface area (Å²) in [5.74, 6) is 2.37. The van der Waals surface area contributed by atoms with Gasteiger partial charge in [0.25, 0.3) is 0 Å². The molecule has 2 aromatic carbocycles. The van der Waals surface area contributed by atoms with Gasteiger partial charge in [-0.1, -0.05) is 30.3 Å². The van der Waals surface area contributed by atoms with E-state index in [2.05, 4.69) is 39.9 Å². The van der Waals surface area contributed by atoms with E-state index in [0.29, 0.717) is 26.4 Å². The number of hydrogen-bond acceptors (Lipinski definition) is 4. The van der Waals surface area contributed by atoms with Gasteiger partial charge >= 0.3 is 0 Å². The van der Waals surface area contributed by atoms with Gasteiger partial charge in [-0.15, -0.1) is 24.0 Å². The molecule has 0 heterocycles. The van der Waals surface area contributed by atoms with E-state index in [4.69, 9.17) is 14.2 Å². The number of nitrogens with one attached hydrogen (secondary N) is 2. The number of guanidine groups is 1. The first-order chi connectivity index (χ1) is 14.7. The summed E-state index contributed by atoms with van der Waals surface area (Å²) in [4.78, 5) is 4.33. The van der Waals surface area contributed by atoms with Gasteiger partial charge in [0, 0.05) is 26.7 Å². The van der Waals surface area contributed by atoms with Gasteiger partial charge in [0.1, 0.15) is 0 Å². The molecule has 7 heteroatoms. The lowest BCUT2D eigenvalue weighted by Crippen LogP contribution is -2.37. The Morgan fingerprint density at radius 1 is 0.968 bits per heavy atom. The van der Waals surface area contributed by atoms with Crippen LogP contribution < -0.4 is 20.1 Å². The third kappa shape index (κ3) is 9.35. The summed E-state index contributed by atoms with van der Waals surface area (Å²) in [7, 11) is 3.45. The van der Waals surface area contributed by atoms with E-state index in [1.165, 1.54) is 16.7 Å². The zero-order valence-corrected chi connectivity index (χ0v) is 21.4. The molecular weight excluding hydrogens is 505 g/mol. The first-order valence-corrected chi connectivity index (χ1v) is 10.6. The van der Waals surface area contributed by atoms with E-state index in [1.54, 1.807) is 14.2 Å². The minimum atomic E-state index is 0. The molecule has 0 radical (unpaired) electrons. The summed E-state index contributed by atoms with van der Waals surface area (Å²) in [6.45, 7) is 7.49. The van der Waals surface area contributed by atoms with Crippen molar-refractivity contribution >= 4 is 29.9 Å². The van der Waals surface area contributed by atoms with Gasteiger partial charge in [0.05, 0.1) is 20.3 Å². The monoisotopic (exact) mass is 541 g/mol. The number of hydrogen-bond donors (Lipinski definition) is 2. The van der Waals surface area contributed by atoms with Crippen molar-refractivity contribution in [1.29, 1.82) is 0 Å². The van der Waals surface area contributed by atoms with Gasteiger partial charge in [-0.25, -0.2) is 0 Å². The molecule has 0 aliphatic carbocycles. The molecule has 0 bridgehead atoms. The van der Waals surface area contributed by atoms with Crippen LogP contribution in [0.3, 0.4) is 0 Å². The SMILES string of the molecule is CCOCc1ccccc1CNC(=NC)NCCCc1ccc(OC)c(OCC)c1.I. The molecule has 0 spiro atoms. The molecule has 0 saturated heterocycles. The second-order valence-electron chi connectivity index (χ2n) is 6.78. The van der Waals surface area contributed by atoms with Crippen LogP contribution in [0.15, 0.2) is 47.5 Å². The van der Waals surface area contributed by atoms with Crippen molar-refractivity contribution in [2.75, 3.05) is 33.9 Å². The highest BCUT2D eigenvalue weighted by Crippen LogP contribution is 2.28. The topological polar surface area (TPSA) is 64.1 Å². The first-order valence-electron chi connectivity index (χ1n) is 10.6. The van der Waals surface area contributed by atoms with Gasteiger partial charge in [0.2, 0.25) is 0 Å². The molecule has 0 atom stereocenters. The maximum Gasteiger partial charge on any atom is 0.191 e. The van der Waals surface area contributed by atoms with Crippen LogP contribution in [0.5, 0.6) is 11.5 Å². The minimum absolute atomic E-state index is 0. The Morgan fingerprint density at radius 2 is 1.74 bits per heavy atom. The second kappa shape index (κ2) is 15.8. The van der Waals surface area contributed by atoms with E-state index < -0.39 is 0 Å². The van der Waals surface area contributed by atoms with Crippen LogP contribution in [-0.2, 0) is 24.3 Å². The fraction of sp³-hybridized carbons (Fsp3) is 0.458. The molecule has 0 fully saturated rings. The summed E-state index contributed by atoms with van der Waals surface area (Å²) in [6.07, 6.45) is 1.94. The number of rotatable bonds is 12. The van der Waals surface area contributed by atoms with Gasteiger partial charge in [-0.05, 0) is 55.5 Å². The highest BCUT2D eigenvalue weighted by molar-refractivity contribution is 14.0. The number of aliphatic imine (C=N–C) groups is 1. The predicted octanol–water partition coefficient (Wildman–Crippen LogP) is 4.55. The maximum atomic E-state index is 5.66. The fourth-order valence-corrected chi connectivity index (χ4v) is 3.13. The molecule has 0 aromatic heterocycles. The molecule has 0 amide bonds. The number of aryl methyl sites for hydroxylation is 1. The predicted molar refractivity (Wildman–Crippen MR) is 138 cm³/mol. The molecule has 6 nitrogen and oxygen atoms in total. The summed E-state index contributed by atoms with van der Waals surface area (Å²) in [6, 6.07) is 14.4. The van der Waals surface area contributed by atoms with Gasteiger partial charge < -0.3 is 24.8 Å². The maximum absolute atomic E-state index is 5.66. The summed E-state index contributed by atoms with van der Waals surface area (Å²) < 4.78 is 16.6. The van der Waals surface area contributed by atoms with Crippen LogP contribution in [0.4, 0.5) is 0 Å². The van der Waals surface area contributed by atoms with Gasteiger partial charge in [0.15, 0.2) is 17.5 Å². The van der Waals surface area contributed by atoms with Crippen LogP contribution in [0.25, 0.3) is 0 Å². The second-order valence-corrected chi connectivity index (χ2v) is 6.78. The molecule has 172 valence electrons.